The lowest BCUT2D eigenvalue weighted by atomic mass is 9.76. The van der Waals surface area contributed by atoms with Gasteiger partial charge in [0.2, 0.25) is 0 Å². The monoisotopic (exact) mass is 1200 g/mol. The SMILES string of the molecule is Cc1ccc2c(c1)c1ccccc1n2-c1ccc(-c2c(C#N)c(-c3ccncc3)c(-c3ccc(-n4c5ccccc5c5cc(C)ccc54)cc3)c(-c3ccc(-n4c5ccccc5c5cc(C)ccc54)cc3)c2-c2ccc(-n3c4ccccc4c4cc(C)ccc43)cc2)cc1. The Morgan fingerprint density at radius 1 is 0.245 bits per heavy atom. The van der Waals surface area contributed by atoms with Crippen molar-refractivity contribution in [3.63, 3.8) is 0 Å². The summed E-state index contributed by atoms with van der Waals surface area (Å²) in [5.41, 5.74) is 28.1. The zero-order valence-electron chi connectivity index (χ0n) is 52.4. The molecular weight excluding hydrogens is 1140 g/mol. The third kappa shape index (κ3) is 8.45. The van der Waals surface area contributed by atoms with Crippen molar-refractivity contribution in [1.82, 2.24) is 23.3 Å². The van der Waals surface area contributed by atoms with E-state index in [1.807, 2.05) is 12.4 Å². The van der Waals surface area contributed by atoms with E-state index in [0.717, 1.165) is 123 Å². The first kappa shape index (κ1) is 54.6. The van der Waals surface area contributed by atoms with Crippen molar-refractivity contribution < 1.29 is 0 Å². The molecule has 0 saturated carbocycles. The maximum absolute atomic E-state index is 12.4. The highest BCUT2D eigenvalue weighted by Gasteiger charge is 2.30. The lowest BCUT2D eigenvalue weighted by Crippen LogP contribution is -2.03. The van der Waals surface area contributed by atoms with E-state index in [0.29, 0.717) is 5.56 Å². The van der Waals surface area contributed by atoms with E-state index >= 15 is 0 Å². The molecular formula is C88H60N6. The number of nitrogens with zero attached hydrogens (tertiary/aromatic N) is 6. The van der Waals surface area contributed by atoms with Gasteiger partial charge in [-0.15, -0.1) is 0 Å². The quantitative estimate of drug-likeness (QED) is 0.145. The molecule has 0 spiro atoms. The zero-order chi connectivity index (χ0) is 62.9. The van der Waals surface area contributed by atoms with Crippen LogP contribution in [0.5, 0.6) is 0 Å². The first-order valence-electron chi connectivity index (χ1n) is 32.2. The van der Waals surface area contributed by atoms with E-state index < -0.39 is 0 Å². The number of benzene rings is 13. The minimum Gasteiger partial charge on any atom is -0.309 e. The van der Waals surface area contributed by atoms with Gasteiger partial charge in [-0.3, -0.25) is 4.98 Å². The molecule has 0 aliphatic rings. The van der Waals surface area contributed by atoms with Crippen molar-refractivity contribution in [2.45, 2.75) is 27.7 Å². The lowest BCUT2D eigenvalue weighted by molar-refractivity contribution is 1.18. The molecule has 0 aliphatic carbocycles. The molecule has 0 fully saturated rings. The lowest BCUT2D eigenvalue weighted by Gasteiger charge is -2.26. The van der Waals surface area contributed by atoms with Crippen LogP contribution in [-0.4, -0.2) is 23.3 Å². The Balaban J connectivity index is 0.937. The van der Waals surface area contributed by atoms with Gasteiger partial charge in [-0.1, -0.05) is 168 Å². The summed E-state index contributed by atoms with van der Waals surface area (Å²) in [6, 6.07) is 105. The summed E-state index contributed by atoms with van der Waals surface area (Å²) >= 11 is 0. The molecule has 0 aliphatic heterocycles. The minimum atomic E-state index is 0.570. The van der Waals surface area contributed by atoms with Crippen LogP contribution < -0.4 is 0 Å². The fraction of sp³-hybridized carbons (Fsp3) is 0.0455. The molecule has 0 saturated heterocycles. The van der Waals surface area contributed by atoms with E-state index in [1.165, 1.54) is 65.3 Å². The highest BCUT2D eigenvalue weighted by molar-refractivity contribution is 6.15. The molecule has 13 aromatic carbocycles. The van der Waals surface area contributed by atoms with Gasteiger partial charge in [0.25, 0.3) is 0 Å². The fourth-order valence-electron chi connectivity index (χ4n) is 15.4. The van der Waals surface area contributed by atoms with E-state index in [2.05, 4.69) is 336 Å². The van der Waals surface area contributed by atoms with Crippen LogP contribution in [0.1, 0.15) is 27.8 Å². The van der Waals surface area contributed by atoms with Gasteiger partial charge in [0.05, 0.1) is 49.7 Å². The maximum atomic E-state index is 12.4. The Hall–Kier alpha value is -12.3. The third-order valence-corrected chi connectivity index (χ3v) is 19.5. The van der Waals surface area contributed by atoms with Gasteiger partial charge in [0.15, 0.2) is 0 Å². The summed E-state index contributed by atoms with van der Waals surface area (Å²) in [4.78, 5) is 4.59. The average Bonchev–Trinajstić information content (AvgIpc) is 1.22. The smallest absolute Gasteiger partial charge is 0.100 e. The normalized spacial score (nSPS) is 11.8. The Labute approximate surface area is 544 Å². The number of aryl methyl sites for hydroxylation is 4. The molecule has 18 aromatic rings. The largest absolute Gasteiger partial charge is 0.309 e. The maximum Gasteiger partial charge on any atom is 0.100 e. The Morgan fingerprint density at radius 2 is 0.479 bits per heavy atom. The minimum absolute atomic E-state index is 0.570. The van der Waals surface area contributed by atoms with Crippen LogP contribution >= 0.6 is 0 Å². The summed E-state index contributed by atoms with van der Waals surface area (Å²) in [5, 5.41) is 22.1. The van der Waals surface area contributed by atoms with Crippen LogP contribution in [0.4, 0.5) is 0 Å². The van der Waals surface area contributed by atoms with Crippen molar-refractivity contribution in [3.05, 3.63) is 319 Å². The Kier molecular flexibility index (Phi) is 12.4. The Bertz CT molecular complexity index is 6170. The van der Waals surface area contributed by atoms with Crippen molar-refractivity contribution in [3.8, 4) is 84.5 Å². The fourth-order valence-corrected chi connectivity index (χ4v) is 15.4. The average molecular weight is 1200 g/mol. The molecule has 442 valence electrons. The molecule has 6 heteroatoms. The number of fused-ring (bicyclic) bond motifs is 12. The van der Waals surface area contributed by atoms with Crippen LogP contribution in [0.25, 0.3) is 166 Å². The number of para-hydroxylation sites is 4. The van der Waals surface area contributed by atoms with Crippen LogP contribution in [-0.2, 0) is 0 Å². The number of rotatable bonds is 9. The molecule has 0 radical (unpaired) electrons. The number of aromatic nitrogens is 5. The van der Waals surface area contributed by atoms with Crippen LogP contribution in [0.15, 0.2) is 291 Å². The molecule has 18 rings (SSSR count). The summed E-state index contributed by atoms with van der Waals surface area (Å²) in [6.07, 6.45) is 3.69. The highest BCUT2D eigenvalue weighted by Crippen LogP contribution is 2.54. The van der Waals surface area contributed by atoms with Gasteiger partial charge in [-0.2, -0.15) is 5.26 Å². The zero-order valence-corrected chi connectivity index (χ0v) is 52.4. The summed E-state index contributed by atoms with van der Waals surface area (Å²) in [6.45, 7) is 8.65. The molecule has 0 bridgehead atoms. The van der Waals surface area contributed by atoms with E-state index in [-0.39, 0.29) is 0 Å². The standard InChI is InChI=1S/C88H60N6/c1-54-21-41-80-71(49-54)67-13-5-9-17-76(67)91(80)63-33-25-58(26-34-63)84-75(53-89)85(62-45-47-90-48-46-62)87(60-29-37-65(38-30-60)93-78-19-11-7-15-69(78)73-51-56(3)23-43-82(73)93)88(61-31-39-66(40-32-61)94-79-20-12-8-16-70(79)74-52-57(4)24-44-83(74)94)86(84)59-27-35-64(36-28-59)92-77-18-10-6-14-68(77)72-50-55(2)22-42-81(72)92/h5-52H,1-4H3. The van der Waals surface area contributed by atoms with Gasteiger partial charge >= 0.3 is 0 Å². The van der Waals surface area contributed by atoms with E-state index in [9.17, 15) is 5.26 Å². The number of pyridine rings is 1. The summed E-state index contributed by atoms with van der Waals surface area (Å²) in [7, 11) is 0. The van der Waals surface area contributed by atoms with Crippen molar-refractivity contribution >= 4 is 87.2 Å². The molecule has 6 nitrogen and oxygen atoms in total. The predicted octanol–water partition coefficient (Wildman–Crippen LogP) is 22.9. The molecule has 0 amide bonds. The topological polar surface area (TPSA) is 56.4 Å². The van der Waals surface area contributed by atoms with Crippen LogP contribution in [0.2, 0.25) is 0 Å². The molecule has 5 heterocycles. The highest BCUT2D eigenvalue weighted by atomic mass is 15.0. The second-order valence-electron chi connectivity index (χ2n) is 25.3. The molecule has 0 unspecified atom stereocenters. The van der Waals surface area contributed by atoms with Crippen LogP contribution in [0.3, 0.4) is 0 Å². The van der Waals surface area contributed by atoms with Crippen LogP contribution in [0, 0.1) is 39.0 Å². The number of hydrogen-bond donors (Lipinski definition) is 0. The second-order valence-corrected chi connectivity index (χ2v) is 25.3. The first-order chi connectivity index (χ1) is 46.2. The summed E-state index contributed by atoms with van der Waals surface area (Å²) in [5.74, 6) is 0. The van der Waals surface area contributed by atoms with Gasteiger partial charge in [0, 0.05) is 89.4 Å². The van der Waals surface area contributed by atoms with Gasteiger partial charge in [-0.25, -0.2) is 0 Å². The van der Waals surface area contributed by atoms with E-state index in [4.69, 9.17) is 0 Å². The van der Waals surface area contributed by atoms with Gasteiger partial charge < -0.3 is 18.3 Å². The third-order valence-electron chi connectivity index (χ3n) is 19.5. The second kappa shape index (κ2) is 21.4. The first-order valence-corrected chi connectivity index (χ1v) is 32.2. The van der Waals surface area contributed by atoms with Gasteiger partial charge in [0.1, 0.15) is 6.07 Å². The molecule has 94 heavy (non-hydrogen) atoms. The number of nitriles is 1. The number of hydrogen-bond acceptors (Lipinski definition) is 2. The van der Waals surface area contributed by atoms with Crippen molar-refractivity contribution in [2.24, 2.45) is 0 Å². The Morgan fingerprint density at radius 3 is 0.755 bits per heavy atom. The van der Waals surface area contributed by atoms with Crippen molar-refractivity contribution in [1.29, 1.82) is 5.26 Å². The summed E-state index contributed by atoms with van der Waals surface area (Å²) < 4.78 is 9.53. The molecule has 5 aromatic heterocycles. The molecule has 0 N–H and O–H groups in total. The van der Waals surface area contributed by atoms with E-state index in [1.54, 1.807) is 0 Å². The van der Waals surface area contributed by atoms with Gasteiger partial charge in [-0.05, 0) is 206 Å². The van der Waals surface area contributed by atoms with Crippen molar-refractivity contribution in [2.75, 3.05) is 0 Å². The molecule has 0 atom stereocenters. The predicted molar refractivity (Wildman–Crippen MR) is 392 cm³/mol.